The molecule has 0 heterocycles. The third-order valence-corrected chi connectivity index (χ3v) is 11.5. The number of aliphatic hydroxyl groups is 4. The Morgan fingerprint density at radius 3 is 1.07 bits per heavy atom. The zero-order chi connectivity index (χ0) is 39.6. The van der Waals surface area contributed by atoms with Crippen LogP contribution in [0.5, 0.6) is 0 Å². The third-order valence-electron chi connectivity index (χ3n) is 11.5. The van der Waals surface area contributed by atoms with Gasteiger partial charge in [-0.2, -0.15) is 0 Å². The van der Waals surface area contributed by atoms with Gasteiger partial charge in [-0.15, -0.1) is 0 Å². The van der Waals surface area contributed by atoms with Gasteiger partial charge in [0.05, 0.1) is 18.8 Å². The first-order valence-electron chi connectivity index (χ1n) is 24.1. The zero-order valence-electron chi connectivity index (χ0n) is 36.2. The van der Waals surface area contributed by atoms with Gasteiger partial charge in [-0.3, -0.25) is 4.79 Å². The molecule has 54 heavy (non-hydrogen) atoms. The van der Waals surface area contributed by atoms with Crippen LogP contribution < -0.4 is 5.32 Å². The molecule has 0 radical (unpaired) electrons. The van der Waals surface area contributed by atoms with E-state index in [2.05, 4.69) is 31.3 Å². The van der Waals surface area contributed by atoms with E-state index in [1.165, 1.54) is 193 Å². The summed E-state index contributed by atoms with van der Waals surface area (Å²) in [5, 5.41) is 43.5. The van der Waals surface area contributed by atoms with Gasteiger partial charge in [-0.05, 0) is 38.5 Å². The average molecular weight is 766 g/mol. The summed E-state index contributed by atoms with van der Waals surface area (Å²) in [4.78, 5) is 12.5. The van der Waals surface area contributed by atoms with E-state index in [0.717, 1.165) is 38.5 Å². The highest BCUT2D eigenvalue weighted by Gasteiger charge is 2.28. The number of aliphatic hydroxyl groups excluding tert-OH is 4. The summed E-state index contributed by atoms with van der Waals surface area (Å²) in [6.45, 7) is 4.03. The SMILES string of the molecule is CCCCCCCCCCCCCC/C=C\CCCCCCCCCCCCCCCC(O)C(=O)NC(CO)C(O)C(O)CCCCCCCCCCC. The van der Waals surface area contributed by atoms with Crippen LogP contribution >= 0.6 is 0 Å². The highest BCUT2D eigenvalue weighted by molar-refractivity contribution is 5.80. The molecule has 322 valence electrons. The van der Waals surface area contributed by atoms with Crippen molar-refractivity contribution in [3.05, 3.63) is 12.2 Å². The quantitative estimate of drug-likeness (QED) is 0.0313. The number of hydrogen-bond acceptors (Lipinski definition) is 5. The molecule has 4 atom stereocenters. The predicted molar refractivity (Wildman–Crippen MR) is 233 cm³/mol. The van der Waals surface area contributed by atoms with E-state index in [-0.39, 0.29) is 0 Å². The first-order valence-corrected chi connectivity index (χ1v) is 24.1. The number of nitrogens with one attached hydrogen (secondary N) is 1. The molecule has 5 N–H and O–H groups in total. The fraction of sp³-hybridized carbons (Fsp3) is 0.938. The number of allylic oxidation sites excluding steroid dienone is 2. The molecule has 0 aromatic carbocycles. The molecule has 0 saturated carbocycles. The number of unbranched alkanes of at least 4 members (excludes halogenated alkanes) is 33. The lowest BCUT2D eigenvalue weighted by atomic mass is 9.99. The van der Waals surface area contributed by atoms with Gasteiger partial charge >= 0.3 is 0 Å². The number of amides is 1. The molecular formula is C48H95NO5. The molecule has 0 bridgehead atoms. The fourth-order valence-corrected chi connectivity index (χ4v) is 7.64. The molecule has 0 saturated heterocycles. The molecule has 0 aromatic rings. The van der Waals surface area contributed by atoms with Crippen LogP contribution in [0.3, 0.4) is 0 Å². The lowest BCUT2D eigenvalue weighted by molar-refractivity contribution is -0.132. The standard InChI is InChI=1S/C48H95NO5/c1-3-5-7-9-11-13-14-15-16-17-18-19-20-21-22-23-24-25-26-27-28-29-30-31-32-34-36-38-40-42-46(52)48(54)49-44(43-50)47(53)45(51)41-39-37-35-33-12-10-8-6-4-2/h21-22,44-47,50-53H,3-20,23-43H2,1-2H3,(H,49,54)/b22-21-. The average Bonchev–Trinajstić information content (AvgIpc) is 3.18. The fourth-order valence-electron chi connectivity index (χ4n) is 7.64. The maximum absolute atomic E-state index is 12.5. The normalized spacial score (nSPS) is 14.1. The summed E-state index contributed by atoms with van der Waals surface area (Å²) in [5.41, 5.74) is 0. The van der Waals surface area contributed by atoms with Gasteiger partial charge in [-0.25, -0.2) is 0 Å². The second kappa shape index (κ2) is 43.2. The van der Waals surface area contributed by atoms with E-state index in [9.17, 15) is 25.2 Å². The van der Waals surface area contributed by atoms with Crippen molar-refractivity contribution in [2.75, 3.05) is 6.61 Å². The minimum absolute atomic E-state index is 0.372. The second-order valence-electron chi connectivity index (χ2n) is 16.8. The van der Waals surface area contributed by atoms with E-state index in [4.69, 9.17) is 0 Å². The van der Waals surface area contributed by atoms with E-state index in [1.54, 1.807) is 0 Å². The van der Waals surface area contributed by atoms with Crippen molar-refractivity contribution in [1.82, 2.24) is 5.32 Å². The highest BCUT2D eigenvalue weighted by Crippen LogP contribution is 2.17. The van der Waals surface area contributed by atoms with Crippen LogP contribution in [0.2, 0.25) is 0 Å². The number of carbonyl (C=O) groups excluding carboxylic acids is 1. The van der Waals surface area contributed by atoms with Gasteiger partial charge < -0.3 is 25.7 Å². The van der Waals surface area contributed by atoms with Crippen molar-refractivity contribution >= 4 is 5.91 Å². The summed E-state index contributed by atoms with van der Waals surface area (Å²) in [6.07, 6.45) is 48.5. The molecule has 0 fully saturated rings. The van der Waals surface area contributed by atoms with E-state index < -0.39 is 36.9 Å². The van der Waals surface area contributed by atoms with Crippen molar-refractivity contribution < 1.29 is 25.2 Å². The molecular weight excluding hydrogens is 671 g/mol. The predicted octanol–water partition coefficient (Wildman–Crippen LogP) is 13.0. The molecule has 6 heteroatoms. The van der Waals surface area contributed by atoms with Crippen LogP contribution in [0.25, 0.3) is 0 Å². The molecule has 0 spiro atoms. The van der Waals surface area contributed by atoms with Crippen molar-refractivity contribution in [3.8, 4) is 0 Å². The van der Waals surface area contributed by atoms with E-state index in [0.29, 0.717) is 12.8 Å². The molecule has 0 aliphatic rings. The van der Waals surface area contributed by atoms with Gasteiger partial charge in [-0.1, -0.05) is 231 Å². The van der Waals surface area contributed by atoms with Crippen molar-refractivity contribution in [3.63, 3.8) is 0 Å². The van der Waals surface area contributed by atoms with Gasteiger partial charge in [0.2, 0.25) is 5.91 Å². The van der Waals surface area contributed by atoms with Crippen LogP contribution in [-0.2, 0) is 4.79 Å². The monoisotopic (exact) mass is 766 g/mol. The smallest absolute Gasteiger partial charge is 0.249 e. The van der Waals surface area contributed by atoms with Crippen molar-refractivity contribution in [2.24, 2.45) is 0 Å². The minimum atomic E-state index is -1.25. The Morgan fingerprint density at radius 1 is 0.444 bits per heavy atom. The summed E-state index contributed by atoms with van der Waals surface area (Å²) in [6, 6.07) is -0.980. The first-order chi connectivity index (χ1) is 26.5. The summed E-state index contributed by atoms with van der Waals surface area (Å²) >= 11 is 0. The van der Waals surface area contributed by atoms with E-state index >= 15 is 0 Å². The van der Waals surface area contributed by atoms with Crippen molar-refractivity contribution in [2.45, 2.75) is 282 Å². The van der Waals surface area contributed by atoms with Crippen LogP contribution in [0.4, 0.5) is 0 Å². The minimum Gasteiger partial charge on any atom is -0.394 e. The molecule has 1 amide bonds. The van der Waals surface area contributed by atoms with Crippen LogP contribution in [-0.4, -0.2) is 57.3 Å². The Labute approximate surface area is 336 Å². The summed E-state index contributed by atoms with van der Waals surface area (Å²) in [7, 11) is 0. The molecule has 0 aromatic heterocycles. The Bertz CT molecular complexity index is 776. The Hall–Kier alpha value is -0.950. The van der Waals surface area contributed by atoms with Crippen molar-refractivity contribution in [1.29, 1.82) is 0 Å². The number of carbonyl (C=O) groups is 1. The topological polar surface area (TPSA) is 110 Å². The molecule has 6 nitrogen and oxygen atoms in total. The van der Waals surface area contributed by atoms with Crippen LogP contribution in [0.1, 0.15) is 258 Å². The lowest BCUT2D eigenvalue weighted by Gasteiger charge is -2.27. The number of rotatable bonds is 44. The largest absolute Gasteiger partial charge is 0.394 e. The second-order valence-corrected chi connectivity index (χ2v) is 16.8. The van der Waals surface area contributed by atoms with E-state index in [1.807, 2.05) is 0 Å². The third kappa shape index (κ3) is 36.7. The van der Waals surface area contributed by atoms with Crippen LogP contribution in [0, 0.1) is 0 Å². The Kier molecular flexibility index (Phi) is 42.4. The Morgan fingerprint density at radius 2 is 0.741 bits per heavy atom. The Balaban J connectivity index is 3.56. The van der Waals surface area contributed by atoms with Gasteiger partial charge in [0.25, 0.3) is 0 Å². The van der Waals surface area contributed by atoms with Gasteiger partial charge in [0.15, 0.2) is 0 Å². The van der Waals surface area contributed by atoms with Crippen LogP contribution in [0.15, 0.2) is 12.2 Å². The van der Waals surface area contributed by atoms with Gasteiger partial charge in [0.1, 0.15) is 12.2 Å². The summed E-state index contributed by atoms with van der Waals surface area (Å²) in [5.74, 6) is -0.583. The molecule has 0 rings (SSSR count). The maximum Gasteiger partial charge on any atom is 0.249 e. The number of hydrogen-bond donors (Lipinski definition) is 5. The molecule has 0 aliphatic heterocycles. The lowest BCUT2D eigenvalue weighted by Crippen LogP contribution is -2.53. The summed E-state index contributed by atoms with van der Waals surface area (Å²) < 4.78 is 0. The molecule has 0 aliphatic carbocycles. The highest BCUT2D eigenvalue weighted by atomic mass is 16.3. The zero-order valence-corrected chi connectivity index (χ0v) is 36.2. The molecule has 4 unspecified atom stereocenters. The maximum atomic E-state index is 12.5. The van der Waals surface area contributed by atoms with Gasteiger partial charge in [0, 0.05) is 0 Å². The first kappa shape index (κ1) is 53.0.